The molecule has 5 heteroatoms. The third-order valence-electron chi connectivity index (χ3n) is 3.09. The molecule has 5 nitrogen and oxygen atoms in total. The first-order valence-electron chi connectivity index (χ1n) is 7.96. The summed E-state index contributed by atoms with van der Waals surface area (Å²) in [5.41, 5.74) is 6.96. The van der Waals surface area contributed by atoms with E-state index in [1.165, 1.54) is 0 Å². The van der Waals surface area contributed by atoms with Gasteiger partial charge in [0, 0.05) is 18.7 Å². The Kier molecular flexibility index (Phi) is 8.36. The number of carbonyl (C=O) groups excluding carboxylic acids is 1. The van der Waals surface area contributed by atoms with Crippen molar-refractivity contribution < 1.29 is 14.3 Å². The molecular weight excluding hydrogens is 280 g/mol. The lowest BCUT2D eigenvalue weighted by molar-refractivity contribution is 0.0757. The van der Waals surface area contributed by atoms with Gasteiger partial charge in [-0.15, -0.1) is 0 Å². The van der Waals surface area contributed by atoms with Gasteiger partial charge in [0.1, 0.15) is 5.75 Å². The van der Waals surface area contributed by atoms with Crippen LogP contribution in [0.3, 0.4) is 0 Å². The fraction of sp³-hybridized carbons (Fsp3) is 0.588. The summed E-state index contributed by atoms with van der Waals surface area (Å²) in [7, 11) is 0. The third kappa shape index (κ3) is 6.80. The van der Waals surface area contributed by atoms with Gasteiger partial charge >= 0.3 is 0 Å². The summed E-state index contributed by atoms with van der Waals surface area (Å²) in [5.74, 6) is 0.506. The zero-order chi connectivity index (χ0) is 16.4. The van der Waals surface area contributed by atoms with E-state index in [2.05, 4.69) is 12.2 Å². The number of carbonyl (C=O) groups is 1. The second kappa shape index (κ2) is 10.1. The predicted molar refractivity (Wildman–Crippen MR) is 89.3 cm³/mol. The van der Waals surface area contributed by atoms with Crippen molar-refractivity contribution in [3.63, 3.8) is 0 Å². The Morgan fingerprint density at radius 3 is 2.68 bits per heavy atom. The standard InChI is InChI=1S/C17H28N2O3/c1-4-5-10-22-16-8-7-14(12-15(16)18)17(20)19-9-6-11-21-13(2)3/h7-8,12-13H,4-6,9-11,18H2,1-3H3,(H,19,20). The highest BCUT2D eigenvalue weighted by Crippen LogP contribution is 2.22. The first-order chi connectivity index (χ1) is 10.5. The molecule has 1 rings (SSSR count). The van der Waals surface area contributed by atoms with E-state index in [4.69, 9.17) is 15.2 Å². The second-order valence-corrected chi connectivity index (χ2v) is 5.48. The molecule has 3 N–H and O–H groups in total. The maximum atomic E-state index is 12.0. The molecule has 0 radical (unpaired) electrons. The Morgan fingerprint density at radius 1 is 1.27 bits per heavy atom. The molecule has 22 heavy (non-hydrogen) atoms. The number of nitrogen functional groups attached to an aromatic ring is 1. The van der Waals surface area contributed by atoms with Crippen molar-refractivity contribution in [2.75, 3.05) is 25.5 Å². The summed E-state index contributed by atoms with van der Waals surface area (Å²) >= 11 is 0. The SMILES string of the molecule is CCCCOc1ccc(C(=O)NCCCOC(C)C)cc1N. The van der Waals surface area contributed by atoms with Gasteiger partial charge in [0.15, 0.2) is 0 Å². The fourth-order valence-corrected chi connectivity index (χ4v) is 1.84. The maximum absolute atomic E-state index is 12.0. The highest BCUT2D eigenvalue weighted by atomic mass is 16.5. The first kappa shape index (κ1) is 18.3. The first-order valence-corrected chi connectivity index (χ1v) is 7.96. The number of amides is 1. The van der Waals surface area contributed by atoms with Crippen molar-refractivity contribution in [2.45, 2.75) is 46.1 Å². The summed E-state index contributed by atoms with van der Waals surface area (Å²) in [6, 6.07) is 5.14. The molecule has 0 fully saturated rings. The minimum absolute atomic E-state index is 0.128. The molecule has 0 unspecified atom stereocenters. The van der Waals surface area contributed by atoms with Crippen molar-refractivity contribution in [3.05, 3.63) is 23.8 Å². The number of anilines is 1. The van der Waals surface area contributed by atoms with Crippen molar-refractivity contribution in [1.29, 1.82) is 0 Å². The Labute approximate surface area is 133 Å². The Morgan fingerprint density at radius 2 is 2.05 bits per heavy atom. The molecule has 1 aromatic rings. The maximum Gasteiger partial charge on any atom is 0.251 e. The molecule has 0 atom stereocenters. The second-order valence-electron chi connectivity index (χ2n) is 5.48. The zero-order valence-electron chi connectivity index (χ0n) is 13.9. The van der Waals surface area contributed by atoms with E-state index in [0.717, 1.165) is 19.3 Å². The van der Waals surface area contributed by atoms with Gasteiger partial charge in [-0.2, -0.15) is 0 Å². The normalized spacial score (nSPS) is 10.7. The molecule has 0 bridgehead atoms. The van der Waals surface area contributed by atoms with E-state index < -0.39 is 0 Å². The molecular formula is C17H28N2O3. The Bertz CT molecular complexity index is 461. The molecule has 1 aromatic carbocycles. The highest BCUT2D eigenvalue weighted by molar-refractivity contribution is 5.95. The minimum atomic E-state index is -0.128. The van der Waals surface area contributed by atoms with Gasteiger partial charge in [0.2, 0.25) is 0 Å². The zero-order valence-corrected chi connectivity index (χ0v) is 13.9. The molecule has 0 saturated carbocycles. The van der Waals surface area contributed by atoms with Crippen molar-refractivity contribution >= 4 is 11.6 Å². The van der Waals surface area contributed by atoms with E-state index in [9.17, 15) is 4.79 Å². The third-order valence-corrected chi connectivity index (χ3v) is 3.09. The van der Waals surface area contributed by atoms with Gasteiger partial charge in [-0.1, -0.05) is 13.3 Å². The summed E-state index contributed by atoms with van der Waals surface area (Å²) in [4.78, 5) is 12.0. The van der Waals surface area contributed by atoms with Crippen LogP contribution in [0.2, 0.25) is 0 Å². The lowest BCUT2D eigenvalue weighted by Gasteiger charge is -2.11. The van der Waals surface area contributed by atoms with Crippen LogP contribution in [0.1, 0.15) is 50.4 Å². The van der Waals surface area contributed by atoms with E-state index >= 15 is 0 Å². The predicted octanol–water partition coefficient (Wildman–Crippen LogP) is 2.99. The van der Waals surface area contributed by atoms with Crippen LogP contribution in [0.5, 0.6) is 5.75 Å². The van der Waals surface area contributed by atoms with Gasteiger partial charge < -0.3 is 20.5 Å². The van der Waals surface area contributed by atoms with Crippen molar-refractivity contribution in [2.24, 2.45) is 0 Å². The van der Waals surface area contributed by atoms with E-state index in [-0.39, 0.29) is 12.0 Å². The Hall–Kier alpha value is -1.75. The van der Waals surface area contributed by atoms with E-state index in [1.807, 2.05) is 13.8 Å². The van der Waals surface area contributed by atoms with Crippen molar-refractivity contribution in [3.8, 4) is 5.75 Å². The Balaban J connectivity index is 2.41. The van der Waals surface area contributed by atoms with Gasteiger partial charge in [-0.3, -0.25) is 4.79 Å². The molecule has 0 aliphatic carbocycles. The van der Waals surface area contributed by atoms with Crippen LogP contribution in [0.4, 0.5) is 5.69 Å². The lowest BCUT2D eigenvalue weighted by atomic mass is 10.1. The van der Waals surface area contributed by atoms with Crippen LogP contribution in [0.15, 0.2) is 18.2 Å². The van der Waals surface area contributed by atoms with Crippen LogP contribution >= 0.6 is 0 Å². The van der Waals surface area contributed by atoms with Crippen LogP contribution < -0.4 is 15.8 Å². The molecule has 0 spiro atoms. The van der Waals surface area contributed by atoms with Gasteiger partial charge in [0.05, 0.1) is 18.4 Å². The largest absolute Gasteiger partial charge is 0.491 e. The number of unbranched alkanes of at least 4 members (excludes halogenated alkanes) is 1. The van der Waals surface area contributed by atoms with Gasteiger partial charge in [0.25, 0.3) is 5.91 Å². The average molecular weight is 308 g/mol. The summed E-state index contributed by atoms with van der Waals surface area (Å²) in [5, 5.41) is 2.86. The molecule has 124 valence electrons. The van der Waals surface area contributed by atoms with E-state index in [0.29, 0.717) is 36.8 Å². The van der Waals surface area contributed by atoms with Crippen LogP contribution in [-0.2, 0) is 4.74 Å². The quantitative estimate of drug-likeness (QED) is 0.515. The average Bonchev–Trinajstić information content (AvgIpc) is 2.48. The monoisotopic (exact) mass is 308 g/mol. The van der Waals surface area contributed by atoms with Gasteiger partial charge in [-0.05, 0) is 44.9 Å². The summed E-state index contributed by atoms with van der Waals surface area (Å²) < 4.78 is 11.0. The number of benzene rings is 1. The fourth-order valence-electron chi connectivity index (χ4n) is 1.84. The molecule has 0 heterocycles. The van der Waals surface area contributed by atoms with Crippen LogP contribution in [-0.4, -0.2) is 31.8 Å². The van der Waals surface area contributed by atoms with Crippen LogP contribution in [0, 0.1) is 0 Å². The topological polar surface area (TPSA) is 73.6 Å². The number of hydrogen-bond donors (Lipinski definition) is 2. The minimum Gasteiger partial charge on any atom is -0.491 e. The number of nitrogens with two attached hydrogens (primary N) is 1. The molecule has 0 aromatic heterocycles. The molecule has 0 saturated heterocycles. The lowest BCUT2D eigenvalue weighted by Crippen LogP contribution is -2.25. The molecule has 1 amide bonds. The number of ether oxygens (including phenoxy) is 2. The van der Waals surface area contributed by atoms with E-state index in [1.54, 1.807) is 18.2 Å². The van der Waals surface area contributed by atoms with Gasteiger partial charge in [-0.25, -0.2) is 0 Å². The smallest absolute Gasteiger partial charge is 0.251 e. The number of hydrogen-bond acceptors (Lipinski definition) is 4. The van der Waals surface area contributed by atoms with Crippen LogP contribution in [0.25, 0.3) is 0 Å². The summed E-state index contributed by atoms with van der Waals surface area (Å²) in [6.45, 7) is 7.95. The highest BCUT2D eigenvalue weighted by Gasteiger charge is 2.08. The number of nitrogens with one attached hydrogen (secondary N) is 1. The molecule has 0 aliphatic rings. The van der Waals surface area contributed by atoms with Crippen molar-refractivity contribution in [1.82, 2.24) is 5.32 Å². The summed E-state index contributed by atoms with van der Waals surface area (Å²) in [6.07, 6.45) is 3.06. The number of rotatable bonds is 10. The molecule has 0 aliphatic heterocycles.